The lowest BCUT2D eigenvalue weighted by Crippen LogP contribution is -2.52. The van der Waals surface area contributed by atoms with Crippen LogP contribution < -0.4 is 10.2 Å². The number of pyridine rings is 1. The van der Waals surface area contributed by atoms with Gasteiger partial charge < -0.3 is 14.7 Å². The summed E-state index contributed by atoms with van der Waals surface area (Å²) in [7, 11) is 0. The molecule has 0 radical (unpaired) electrons. The van der Waals surface area contributed by atoms with E-state index in [0.717, 1.165) is 31.9 Å². The molecule has 0 saturated carbocycles. The van der Waals surface area contributed by atoms with E-state index in [-0.39, 0.29) is 17.9 Å². The zero-order valence-electron chi connectivity index (χ0n) is 18.8. The molecule has 0 bridgehead atoms. The Morgan fingerprint density at radius 2 is 1.84 bits per heavy atom. The second kappa shape index (κ2) is 9.06. The van der Waals surface area contributed by atoms with Gasteiger partial charge in [-0.1, -0.05) is 37.2 Å². The van der Waals surface area contributed by atoms with E-state index in [9.17, 15) is 4.79 Å². The van der Waals surface area contributed by atoms with E-state index in [2.05, 4.69) is 70.3 Å². The van der Waals surface area contributed by atoms with Gasteiger partial charge in [0.05, 0.1) is 16.6 Å². The molecule has 164 valence electrons. The number of nitrogens with one attached hydrogen (secondary N) is 1. The minimum atomic E-state index is -0.102. The lowest BCUT2D eigenvalue weighted by molar-refractivity contribution is 0.0935. The number of fused-ring (bicyclic) bond motifs is 1. The molecule has 3 heterocycles. The molecule has 7 nitrogen and oxygen atoms in total. The number of carbonyl (C=O) groups is 1. The highest BCUT2D eigenvalue weighted by molar-refractivity contribution is 6.06. The Kier molecular flexibility index (Phi) is 6.23. The number of amides is 1. The average molecular weight is 422 g/mol. The third kappa shape index (κ3) is 4.56. The topological polar surface area (TPSA) is 74.5 Å². The van der Waals surface area contributed by atoms with Crippen LogP contribution >= 0.6 is 0 Å². The molecule has 1 aromatic carbocycles. The number of hydrogen-bond acceptors (Lipinski definition) is 6. The molecule has 1 N–H and O–H groups in total. The number of aryl methyl sites for hydroxylation is 1. The van der Waals surface area contributed by atoms with E-state index in [4.69, 9.17) is 4.52 Å². The SMILES string of the molecule is Cc1noc2nc(C(C)C)cc(C(=O)NCC(C)N3CCN(c4ccccc4)CC3)c12. The van der Waals surface area contributed by atoms with Gasteiger partial charge in [0.2, 0.25) is 0 Å². The molecule has 7 heteroatoms. The minimum absolute atomic E-state index is 0.102. The van der Waals surface area contributed by atoms with Crippen LogP contribution in [0, 0.1) is 6.92 Å². The van der Waals surface area contributed by atoms with Crippen molar-refractivity contribution < 1.29 is 9.32 Å². The van der Waals surface area contributed by atoms with Gasteiger partial charge in [-0.15, -0.1) is 0 Å². The van der Waals surface area contributed by atoms with E-state index in [1.807, 2.05) is 19.1 Å². The van der Waals surface area contributed by atoms with Crippen molar-refractivity contribution >= 4 is 22.7 Å². The van der Waals surface area contributed by atoms with Crippen molar-refractivity contribution in [3.63, 3.8) is 0 Å². The zero-order chi connectivity index (χ0) is 22.0. The first-order chi connectivity index (χ1) is 14.9. The summed E-state index contributed by atoms with van der Waals surface area (Å²) >= 11 is 0. The molecule has 1 unspecified atom stereocenters. The second-order valence-corrected chi connectivity index (χ2v) is 8.62. The summed E-state index contributed by atoms with van der Waals surface area (Å²) in [6.07, 6.45) is 0. The summed E-state index contributed by atoms with van der Waals surface area (Å²) in [5.41, 5.74) is 3.81. The number of aromatic nitrogens is 2. The van der Waals surface area contributed by atoms with Crippen LogP contribution in [-0.2, 0) is 0 Å². The number of piperazine rings is 1. The van der Waals surface area contributed by atoms with Crippen molar-refractivity contribution in [1.29, 1.82) is 0 Å². The number of nitrogens with zero attached hydrogens (tertiary/aromatic N) is 4. The maximum absolute atomic E-state index is 13.1. The molecule has 0 aliphatic carbocycles. The Morgan fingerprint density at radius 3 is 2.52 bits per heavy atom. The minimum Gasteiger partial charge on any atom is -0.369 e. The Morgan fingerprint density at radius 1 is 1.13 bits per heavy atom. The van der Waals surface area contributed by atoms with E-state index < -0.39 is 0 Å². The standard InChI is InChI=1S/C24H31N5O2/c1-16(2)21-14-20(22-18(4)27-31-24(22)26-21)23(30)25-15-17(3)28-10-12-29(13-11-28)19-8-6-5-7-9-19/h5-9,14,16-17H,10-13,15H2,1-4H3,(H,25,30). The molecule has 31 heavy (non-hydrogen) atoms. The molecule has 1 fully saturated rings. The van der Waals surface area contributed by atoms with Gasteiger partial charge in [0.25, 0.3) is 11.6 Å². The lowest BCUT2D eigenvalue weighted by atomic mass is 10.0. The van der Waals surface area contributed by atoms with Gasteiger partial charge in [0.15, 0.2) is 0 Å². The van der Waals surface area contributed by atoms with Gasteiger partial charge in [-0.2, -0.15) is 0 Å². The highest BCUT2D eigenvalue weighted by Gasteiger charge is 2.23. The van der Waals surface area contributed by atoms with Crippen LogP contribution in [0.4, 0.5) is 5.69 Å². The first-order valence-electron chi connectivity index (χ1n) is 11.0. The molecule has 1 saturated heterocycles. The Hall–Kier alpha value is -2.93. The number of hydrogen-bond donors (Lipinski definition) is 1. The largest absolute Gasteiger partial charge is 0.369 e. The monoisotopic (exact) mass is 421 g/mol. The van der Waals surface area contributed by atoms with Crippen LogP contribution in [0.15, 0.2) is 40.9 Å². The van der Waals surface area contributed by atoms with Crippen LogP contribution in [0.25, 0.3) is 11.1 Å². The molecule has 4 rings (SSSR count). The third-order valence-corrected chi connectivity index (χ3v) is 6.09. The Bertz CT molecular complexity index is 1040. The van der Waals surface area contributed by atoms with E-state index in [0.29, 0.717) is 28.9 Å². The summed E-state index contributed by atoms with van der Waals surface area (Å²) in [4.78, 5) is 22.4. The fourth-order valence-electron chi connectivity index (χ4n) is 4.11. The van der Waals surface area contributed by atoms with Crippen LogP contribution in [0.5, 0.6) is 0 Å². The summed E-state index contributed by atoms with van der Waals surface area (Å²) in [6.45, 7) is 12.7. The van der Waals surface area contributed by atoms with Crippen molar-refractivity contribution in [3.05, 3.63) is 53.3 Å². The summed E-state index contributed by atoms with van der Waals surface area (Å²) in [6, 6.07) is 12.7. The van der Waals surface area contributed by atoms with Crippen LogP contribution in [0.2, 0.25) is 0 Å². The highest BCUT2D eigenvalue weighted by atomic mass is 16.5. The van der Waals surface area contributed by atoms with Gasteiger partial charge in [-0.3, -0.25) is 9.69 Å². The molecular weight excluding hydrogens is 390 g/mol. The van der Waals surface area contributed by atoms with E-state index >= 15 is 0 Å². The number of anilines is 1. The molecule has 1 amide bonds. The molecule has 1 aliphatic rings. The maximum atomic E-state index is 13.1. The highest BCUT2D eigenvalue weighted by Crippen LogP contribution is 2.25. The zero-order valence-corrected chi connectivity index (χ0v) is 18.8. The van der Waals surface area contributed by atoms with Crippen LogP contribution in [0.3, 0.4) is 0 Å². The number of para-hydroxylation sites is 1. The lowest BCUT2D eigenvalue weighted by Gasteiger charge is -2.39. The molecule has 1 aliphatic heterocycles. The first kappa shape index (κ1) is 21.3. The number of benzene rings is 1. The summed E-state index contributed by atoms with van der Waals surface area (Å²) in [5.74, 6) is 0.0940. The maximum Gasteiger partial charge on any atom is 0.259 e. The Balaban J connectivity index is 1.38. The fourth-order valence-corrected chi connectivity index (χ4v) is 4.11. The fraction of sp³-hybridized carbons (Fsp3) is 0.458. The third-order valence-electron chi connectivity index (χ3n) is 6.09. The summed E-state index contributed by atoms with van der Waals surface area (Å²) < 4.78 is 5.34. The van der Waals surface area contributed by atoms with Crippen LogP contribution in [0.1, 0.15) is 48.4 Å². The van der Waals surface area contributed by atoms with Crippen molar-refractivity contribution in [3.8, 4) is 0 Å². The van der Waals surface area contributed by atoms with Crippen molar-refractivity contribution in [1.82, 2.24) is 20.4 Å². The summed E-state index contributed by atoms with van der Waals surface area (Å²) in [5, 5.41) is 7.83. The normalized spacial score (nSPS) is 16.1. The molecule has 2 aromatic heterocycles. The van der Waals surface area contributed by atoms with Gasteiger partial charge in [0, 0.05) is 50.1 Å². The average Bonchev–Trinajstić information content (AvgIpc) is 3.18. The quantitative estimate of drug-likeness (QED) is 0.656. The molecular formula is C24H31N5O2. The van der Waals surface area contributed by atoms with Gasteiger partial charge in [-0.25, -0.2) is 4.98 Å². The Labute approximate surface area is 183 Å². The van der Waals surface area contributed by atoms with E-state index in [1.54, 1.807) is 0 Å². The van der Waals surface area contributed by atoms with E-state index in [1.165, 1.54) is 5.69 Å². The van der Waals surface area contributed by atoms with Crippen molar-refractivity contribution in [2.45, 2.75) is 39.7 Å². The molecule has 0 spiro atoms. The smallest absolute Gasteiger partial charge is 0.259 e. The number of rotatable bonds is 6. The predicted molar refractivity (Wildman–Crippen MR) is 123 cm³/mol. The second-order valence-electron chi connectivity index (χ2n) is 8.62. The van der Waals surface area contributed by atoms with Crippen molar-refractivity contribution in [2.75, 3.05) is 37.6 Å². The molecule has 1 atom stereocenters. The predicted octanol–water partition coefficient (Wildman–Crippen LogP) is 3.60. The van der Waals surface area contributed by atoms with Gasteiger partial charge in [-0.05, 0) is 38.0 Å². The van der Waals surface area contributed by atoms with Gasteiger partial charge >= 0.3 is 0 Å². The van der Waals surface area contributed by atoms with Gasteiger partial charge in [0.1, 0.15) is 0 Å². The first-order valence-corrected chi connectivity index (χ1v) is 11.0. The molecule has 3 aromatic rings. The van der Waals surface area contributed by atoms with Crippen LogP contribution in [-0.4, -0.2) is 59.7 Å². The van der Waals surface area contributed by atoms with Crippen molar-refractivity contribution in [2.24, 2.45) is 0 Å². The number of carbonyl (C=O) groups excluding carboxylic acids is 1.